The van der Waals surface area contributed by atoms with Gasteiger partial charge in [0.05, 0.1) is 13.7 Å². The molecule has 0 aromatic heterocycles. The Morgan fingerprint density at radius 3 is 2.88 bits per heavy atom. The van der Waals surface area contributed by atoms with Crippen molar-refractivity contribution in [2.75, 3.05) is 27.3 Å². The minimum absolute atomic E-state index is 0.424. The largest absolute Gasteiger partial charge is 0.496 e. The van der Waals surface area contributed by atoms with Crippen LogP contribution in [0.1, 0.15) is 29.0 Å². The van der Waals surface area contributed by atoms with Crippen molar-refractivity contribution in [3.63, 3.8) is 0 Å². The SMILES string of the molecule is CN=C(NCc1ccc(C)cc1OC)NCC1CCOc2ccccc21. The van der Waals surface area contributed by atoms with Crippen molar-refractivity contribution in [2.45, 2.75) is 25.8 Å². The number of aliphatic imine (C=N–C) groups is 1. The lowest BCUT2D eigenvalue weighted by Gasteiger charge is -2.26. The molecule has 5 heteroatoms. The van der Waals surface area contributed by atoms with Gasteiger partial charge < -0.3 is 20.1 Å². The molecular formula is C21H27N3O2. The maximum Gasteiger partial charge on any atom is 0.191 e. The van der Waals surface area contributed by atoms with E-state index in [0.29, 0.717) is 12.5 Å². The number of guanidine groups is 1. The van der Waals surface area contributed by atoms with E-state index in [1.54, 1.807) is 14.2 Å². The smallest absolute Gasteiger partial charge is 0.191 e. The van der Waals surface area contributed by atoms with E-state index in [1.165, 1.54) is 11.1 Å². The first kappa shape index (κ1) is 18.1. The summed E-state index contributed by atoms with van der Waals surface area (Å²) in [6.07, 6.45) is 1.01. The van der Waals surface area contributed by atoms with Gasteiger partial charge in [-0.15, -0.1) is 0 Å². The van der Waals surface area contributed by atoms with Crippen LogP contribution in [0.3, 0.4) is 0 Å². The second-order valence-electron chi connectivity index (χ2n) is 6.49. The lowest BCUT2D eigenvalue weighted by molar-refractivity contribution is 0.267. The topological polar surface area (TPSA) is 54.9 Å². The predicted octanol–water partition coefficient (Wildman–Crippen LogP) is 3.23. The predicted molar refractivity (Wildman–Crippen MR) is 105 cm³/mol. The highest BCUT2D eigenvalue weighted by molar-refractivity contribution is 5.79. The van der Waals surface area contributed by atoms with Crippen LogP contribution in [0.2, 0.25) is 0 Å². The second-order valence-corrected chi connectivity index (χ2v) is 6.49. The molecule has 0 aliphatic carbocycles. The zero-order valence-corrected chi connectivity index (χ0v) is 15.7. The zero-order valence-electron chi connectivity index (χ0n) is 15.7. The van der Waals surface area contributed by atoms with E-state index < -0.39 is 0 Å². The minimum Gasteiger partial charge on any atom is -0.496 e. The van der Waals surface area contributed by atoms with E-state index >= 15 is 0 Å². The van der Waals surface area contributed by atoms with Crippen molar-refractivity contribution in [3.05, 3.63) is 59.2 Å². The van der Waals surface area contributed by atoms with Crippen molar-refractivity contribution in [1.82, 2.24) is 10.6 Å². The van der Waals surface area contributed by atoms with Gasteiger partial charge in [0, 0.05) is 31.6 Å². The number of nitrogens with one attached hydrogen (secondary N) is 2. The summed E-state index contributed by atoms with van der Waals surface area (Å²) < 4.78 is 11.2. The highest BCUT2D eigenvalue weighted by Gasteiger charge is 2.21. The summed E-state index contributed by atoms with van der Waals surface area (Å²) in [7, 11) is 3.49. The molecule has 1 atom stereocenters. The molecule has 0 fully saturated rings. The van der Waals surface area contributed by atoms with Crippen LogP contribution >= 0.6 is 0 Å². The first-order chi connectivity index (χ1) is 12.7. The van der Waals surface area contributed by atoms with Crippen LogP contribution in [-0.4, -0.2) is 33.3 Å². The van der Waals surface area contributed by atoms with Gasteiger partial charge in [0.25, 0.3) is 0 Å². The summed E-state index contributed by atoms with van der Waals surface area (Å²) in [5.74, 6) is 3.10. The van der Waals surface area contributed by atoms with Gasteiger partial charge >= 0.3 is 0 Å². The first-order valence-corrected chi connectivity index (χ1v) is 9.01. The zero-order chi connectivity index (χ0) is 18.4. The first-order valence-electron chi connectivity index (χ1n) is 9.01. The summed E-state index contributed by atoms with van der Waals surface area (Å²) in [5, 5.41) is 6.81. The standard InChI is InChI=1S/C21H27N3O2/c1-15-8-9-17(20(12-15)25-3)14-24-21(22-2)23-13-16-10-11-26-19-7-5-4-6-18(16)19/h4-9,12,16H,10-11,13-14H2,1-3H3,(H2,22,23,24). The molecule has 0 amide bonds. The molecular weight excluding hydrogens is 326 g/mol. The molecule has 5 nitrogen and oxygen atoms in total. The van der Waals surface area contributed by atoms with Gasteiger partial charge in [0.2, 0.25) is 0 Å². The Labute approximate surface area is 155 Å². The van der Waals surface area contributed by atoms with Gasteiger partial charge in [-0.1, -0.05) is 30.3 Å². The van der Waals surface area contributed by atoms with Crippen LogP contribution in [0.15, 0.2) is 47.5 Å². The number of fused-ring (bicyclic) bond motifs is 1. The third kappa shape index (κ3) is 4.28. The van der Waals surface area contributed by atoms with Gasteiger partial charge in [0.15, 0.2) is 5.96 Å². The number of nitrogens with zero attached hydrogens (tertiary/aromatic N) is 1. The highest BCUT2D eigenvalue weighted by Crippen LogP contribution is 2.32. The fourth-order valence-corrected chi connectivity index (χ4v) is 3.25. The lowest BCUT2D eigenvalue weighted by Crippen LogP contribution is -2.39. The molecule has 1 unspecified atom stereocenters. The molecule has 26 heavy (non-hydrogen) atoms. The summed E-state index contributed by atoms with van der Waals surface area (Å²) >= 11 is 0. The highest BCUT2D eigenvalue weighted by atomic mass is 16.5. The van der Waals surface area contributed by atoms with E-state index in [-0.39, 0.29) is 0 Å². The molecule has 1 aliphatic heterocycles. The van der Waals surface area contributed by atoms with Crippen LogP contribution in [0.25, 0.3) is 0 Å². The van der Waals surface area contributed by atoms with Crippen LogP contribution in [0.4, 0.5) is 0 Å². The van der Waals surface area contributed by atoms with Crippen LogP contribution in [0.5, 0.6) is 11.5 Å². The molecule has 2 aromatic carbocycles. The number of aryl methyl sites for hydroxylation is 1. The average molecular weight is 353 g/mol. The van der Waals surface area contributed by atoms with Crippen molar-refractivity contribution < 1.29 is 9.47 Å². The molecule has 2 aromatic rings. The Hall–Kier alpha value is -2.69. The molecule has 3 rings (SSSR count). The Kier molecular flexibility index (Phi) is 6.00. The molecule has 0 saturated heterocycles. The van der Waals surface area contributed by atoms with E-state index in [2.05, 4.69) is 46.8 Å². The summed E-state index contributed by atoms with van der Waals surface area (Å²) in [6, 6.07) is 14.5. The van der Waals surface area contributed by atoms with E-state index in [9.17, 15) is 0 Å². The van der Waals surface area contributed by atoms with Crippen molar-refractivity contribution >= 4 is 5.96 Å². The monoisotopic (exact) mass is 353 g/mol. The van der Waals surface area contributed by atoms with E-state index in [0.717, 1.165) is 42.6 Å². The molecule has 0 spiro atoms. The Balaban J connectivity index is 1.58. The van der Waals surface area contributed by atoms with Crippen molar-refractivity contribution in [2.24, 2.45) is 4.99 Å². The number of para-hydroxylation sites is 1. The molecule has 0 radical (unpaired) electrons. The minimum atomic E-state index is 0.424. The number of hydrogen-bond acceptors (Lipinski definition) is 3. The maximum atomic E-state index is 5.74. The van der Waals surface area contributed by atoms with Crippen LogP contribution < -0.4 is 20.1 Å². The second kappa shape index (κ2) is 8.61. The van der Waals surface area contributed by atoms with Crippen molar-refractivity contribution in [1.29, 1.82) is 0 Å². The third-order valence-electron chi connectivity index (χ3n) is 4.71. The summed E-state index contributed by atoms with van der Waals surface area (Å²) in [5.41, 5.74) is 3.56. The number of hydrogen-bond donors (Lipinski definition) is 2. The van der Waals surface area contributed by atoms with E-state index in [4.69, 9.17) is 9.47 Å². The summed E-state index contributed by atoms with van der Waals surface area (Å²) in [4.78, 5) is 4.34. The normalized spacial score (nSPS) is 16.4. The third-order valence-corrected chi connectivity index (χ3v) is 4.71. The fourth-order valence-electron chi connectivity index (χ4n) is 3.25. The Morgan fingerprint density at radius 2 is 2.08 bits per heavy atom. The molecule has 1 aliphatic rings. The van der Waals surface area contributed by atoms with Gasteiger partial charge in [-0.2, -0.15) is 0 Å². The lowest BCUT2D eigenvalue weighted by atomic mass is 9.93. The van der Waals surface area contributed by atoms with Crippen molar-refractivity contribution in [3.8, 4) is 11.5 Å². The van der Waals surface area contributed by atoms with Gasteiger partial charge in [-0.3, -0.25) is 4.99 Å². The van der Waals surface area contributed by atoms with Gasteiger partial charge in [-0.05, 0) is 36.6 Å². The molecule has 2 N–H and O–H groups in total. The molecule has 138 valence electrons. The van der Waals surface area contributed by atoms with Crippen LogP contribution in [0, 0.1) is 6.92 Å². The molecule has 0 saturated carbocycles. The fraction of sp³-hybridized carbons (Fsp3) is 0.381. The number of benzene rings is 2. The summed E-state index contributed by atoms with van der Waals surface area (Å²) in [6.45, 7) is 4.31. The molecule has 1 heterocycles. The van der Waals surface area contributed by atoms with Crippen LogP contribution in [-0.2, 0) is 6.54 Å². The van der Waals surface area contributed by atoms with E-state index in [1.807, 2.05) is 18.2 Å². The quantitative estimate of drug-likeness (QED) is 0.640. The average Bonchev–Trinajstić information content (AvgIpc) is 2.68. The number of ether oxygens (including phenoxy) is 2. The number of methoxy groups -OCH3 is 1. The van der Waals surface area contributed by atoms with Gasteiger partial charge in [0.1, 0.15) is 11.5 Å². The maximum absolute atomic E-state index is 5.74. The number of rotatable bonds is 5. The van der Waals surface area contributed by atoms with Gasteiger partial charge in [-0.25, -0.2) is 0 Å². The molecule has 0 bridgehead atoms. The Morgan fingerprint density at radius 1 is 1.23 bits per heavy atom. The Bertz CT molecular complexity index is 774.